The second-order valence-corrected chi connectivity index (χ2v) is 6.43. The second-order valence-electron chi connectivity index (χ2n) is 6.43. The average molecular weight is 340 g/mol. The van der Waals surface area contributed by atoms with E-state index in [0.29, 0.717) is 12.0 Å². The minimum Gasteiger partial charge on any atom is -0.339 e. The smallest absolute Gasteiger partial charge is 0.253 e. The summed E-state index contributed by atoms with van der Waals surface area (Å²) < 4.78 is 1.66. The van der Waals surface area contributed by atoms with E-state index in [1.807, 2.05) is 30.9 Å². The summed E-state index contributed by atoms with van der Waals surface area (Å²) in [4.78, 5) is 26.9. The maximum Gasteiger partial charge on any atom is 0.253 e. The third kappa shape index (κ3) is 3.73. The van der Waals surface area contributed by atoms with Crippen LogP contribution in [0.15, 0.2) is 36.7 Å². The number of anilines is 1. The Kier molecular flexibility index (Phi) is 5.16. The molecule has 6 heteroatoms. The van der Waals surface area contributed by atoms with Gasteiger partial charge in [-0.25, -0.2) is 0 Å². The highest BCUT2D eigenvalue weighted by Crippen LogP contribution is 2.21. The van der Waals surface area contributed by atoms with Crippen LogP contribution in [0, 0.1) is 6.92 Å². The minimum atomic E-state index is -0.347. The Morgan fingerprint density at radius 2 is 2.04 bits per heavy atom. The Bertz CT molecular complexity index is 749. The quantitative estimate of drug-likeness (QED) is 0.910. The number of likely N-dealkylation sites (tertiary alicyclic amines) is 1. The Hall–Kier alpha value is -2.63. The lowest BCUT2D eigenvalue weighted by molar-refractivity contribution is -0.119. The van der Waals surface area contributed by atoms with E-state index in [9.17, 15) is 9.59 Å². The summed E-state index contributed by atoms with van der Waals surface area (Å²) in [6.07, 6.45) is 6.26. The van der Waals surface area contributed by atoms with Gasteiger partial charge in [0.2, 0.25) is 5.91 Å². The summed E-state index contributed by atoms with van der Waals surface area (Å²) in [5, 5.41) is 7.12. The Balaban J connectivity index is 1.72. The summed E-state index contributed by atoms with van der Waals surface area (Å²) in [5.74, 6) is -0.0330. The number of nitrogens with one attached hydrogen (secondary N) is 1. The molecule has 2 amide bonds. The van der Waals surface area contributed by atoms with Crippen LogP contribution in [0.25, 0.3) is 0 Å². The first-order valence-electron chi connectivity index (χ1n) is 8.80. The molecule has 1 fully saturated rings. The summed E-state index contributed by atoms with van der Waals surface area (Å²) in [6, 6.07) is 6.91. The molecular formula is C19H24N4O2. The van der Waals surface area contributed by atoms with Crippen molar-refractivity contribution in [2.75, 3.05) is 18.4 Å². The van der Waals surface area contributed by atoms with Gasteiger partial charge in [-0.2, -0.15) is 5.10 Å². The highest BCUT2D eigenvalue weighted by molar-refractivity contribution is 5.97. The van der Waals surface area contributed by atoms with Crippen LogP contribution in [-0.4, -0.2) is 39.6 Å². The van der Waals surface area contributed by atoms with Gasteiger partial charge in [0.05, 0.1) is 0 Å². The predicted octanol–water partition coefficient (Wildman–Crippen LogP) is 3.02. The van der Waals surface area contributed by atoms with Gasteiger partial charge in [0, 0.05) is 36.7 Å². The minimum absolute atomic E-state index is 0.0708. The summed E-state index contributed by atoms with van der Waals surface area (Å²) in [7, 11) is 0. The van der Waals surface area contributed by atoms with Gasteiger partial charge in [0.15, 0.2) is 0 Å². The van der Waals surface area contributed by atoms with Crippen LogP contribution in [0.3, 0.4) is 0 Å². The third-order valence-electron chi connectivity index (χ3n) is 4.66. The first kappa shape index (κ1) is 17.2. The maximum atomic E-state index is 12.6. The van der Waals surface area contributed by atoms with E-state index >= 15 is 0 Å². The van der Waals surface area contributed by atoms with Crippen molar-refractivity contribution in [2.45, 2.75) is 39.2 Å². The zero-order valence-corrected chi connectivity index (χ0v) is 14.7. The lowest BCUT2D eigenvalue weighted by atomic mass is 10.1. The van der Waals surface area contributed by atoms with Crippen molar-refractivity contribution in [3.8, 4) is 0 Å². The summed E-state index contributed by atoms with van der Waals surface area (Å²) >= 11 is 0. The number of benzene rings is 1. The molecule has 0 saturated carbocycles. The molecule has 1 unspecified atom stereocenters. The lowest BCUT2D eigenvalue weighted by Crippen LogP contribution is -2.28. The van der Waals surface area contributed by atoms with Crippen LogP contribution in [0.2, 0.25) is 0 Å². The number of carbonyl (C=O) groups is 2. The molecule has 0 radical (unpaired) electrons. The Morgan fingerprint density at radius 3 is 2.64 bits per heavy atom. The van der Waals surface area contributed by atoms with Gasteiger partial charge in [-0.05, 0) is 56.0 Å². The fourth-order valence-corrected chi connectivity index (χ4v) is 3.21. The van der Waals surface area contributed by atoms with Crippen LogP contribution in [0.4, 0.5) is 5.69 Å². The van der Waals surface area contributed by atoms with Gasteiger partial charge in [0.25, 0.3) is 5.91 Å². The van der Waals surface area contributed by atoms with E-state index in [1.54, 1.807) is 29.2 Å². The molecule has 25 heavy (non-hydrogen) atoms. The topological polar surface area (TPSA) is 67.2 Å². The standard InChI is InChI=1S/C19H24N4O2/c1-3-17(23-12-6-9-20-23)18(24)21-16-8-7-15(13-14(16)2)19(25)22-10-4-5-11-22/h6-9,12-13,17H,3-5,10-11H2,1-2H3,(H,21,24). The molecule has 1 atom stereocenters. The van der Waals surface area contributed by atoms with Gasteiger partial charge in [0.1, 0.15) is 6.04 Å². The molecule has 132 valence electrons. The first-order chi connectivity index (χ1) is 12.1. The van der Waals surface area contributed by atoms with E-state index in [-0.39, 0.29) is 17.9 Å². The molecule has 0 bridgehead atoms. The molecule has 1 N–H and O–H groups in total. The highest BCUT2D eigenvalue weighted by atomic mass is 16.2. The SMILES string of the molecule is CCC(C(=O)Nc1ccc(C(=O)N2CCCC2)cc1C)n1cccn1. The first-order valence-corrected chi connectivity index (χ1v) is 8.80. The van der Waals surface area contributed by atoms with Gasteiger partial charge in [-0.1, -0.05) is 6.92 Å². The number of carbonyl (C=O) groups excluding carboxylic acids is 2. The van der Waals surface area contributed by atoms with Crippen LogP contribution in [0.5, 0.6) is 0 Å². The predicted molar refractivity (Wildman–Crippen MR) is 96.5 cm³/mol. The zero-order valence-electron chi connectivity index (χ0n) is 14.7. The molecular weight excluding hydrogens is 316 g/mol. The number of amides is 2. The number of hydrogen-bond acceptors (Lipinski definition) is 3. The van der Waals surface area contributed by atoms with Gasteiger partial charge in [-0.3, -0.25) is 14.3 Å². The molecule has 0 spiro atoms. The average Bonchev–Trinajstić information content (AvgIpc) is 3.30. The maximum absolute atomic E-state index is 12.6. The molecule has 1 aliphatic rings. The van der Waals surface area contributed by atoms with E-state index in [4.69, 9.17) is 0 Å². The van der Waals surface area contributed by atoms with Crippen molar-refractivity contribution in [2.24, 2.45) is 0 Å². The monoisotopic (exact) mass is 340 g/mol. The molecule has 1 aromatic heterocycles. The number of hydrogen-bond donors (Lipinski definition) is 1. The van der Waals surface area contributed by atoms with Gasteiger partial charge < -0.3 is 10.2 Å². The molecule has 2 aromatic rings. The van der Waals surface area contributed by atoms with E-state index in [0.717, 1.165) is 37.2 Å². The van der Waals surface area contributed by atoms with Gasteiger partial charge in [-0.15, -0.1) is 0 Å². The number of aryl methyl sites for hydroxylation is 1. The molecule has 3 rings (SSSR count). The molecule has 1 aromatic carbocycles. The zero-order chi connectivity index (χ0) is 17.8. The largest absolute Gasteiger partial charge is 0.339 e. The van der Waals surface area contributed by atoms with Crippen molar-refractivity contribution in [3.63, 3.8) is 0 Å². The highest BCUT2D eigenvalue weighted by Gasteiger charge is 2.22. The normalized spacial score (nSPS) is 15.2. The van der Waals surface area contributed by atoms with Crippen LogP contribution in [-0.2, 0) is 4.79 Å². The number of aromatic nitrogens is 2. The summed E-state index contributed by atoms with van der Waals surface area (Å²) in [5.41, 5.74) is 2.29. The van der Waals surface area contributed by atoms with Crippen molar-refractivity contribution in [1.29, 1.82) is 0 Å². The summed E-state index contributed by atoms with van der Waals surface area (Å²) in [6.45, 7) is 5.53. The molecule has 2 heterocycles. The number of rotatable bonds is 5. The van der Waals surface area contributed by atoms with Crippen LogP contribution in [0.1, 0.15) is 48.1 Å². The van der Waals surface area contributed by atoms with Gasteiger partial charge >= 0.3 is 0 Å². The van der Waals surface area contributed by atoms with Crippen molar-refractivity contribution in [1.82, 2.24) is 14.7 Å². The van der Waals surface area contributed by atoms with Crippen molar-refractivity contribution >= 4 is 17.5 Å². The van der Waals surface area contributed by atoms with Crippen LogP contribution >= 0.6 is 0 Å². The fourth-order valence-electron chi connectivity index (χ4n) is 3.21. The van der Waals surface area contributed by atoms with Crippen LogP contribution < -0.4 is 5.32 Å². The molecule has 1 saturated heterocycles. The fraction of sp³-hybridized carbons (Fsp3) is 0.421. The van der Waals surface area contributed by atoms with E-state index in [2.05, 4.69) is 10.4 Å². The van der Waals surface area contributed by atoms with E-state index in [1.165, 1.54) is 0 Å². The Labute approximate surface area is 147 Å². The molecule has 0 aliphatic carbocycles. The van der Waals surface area contributed by atoms with E-state index < -0.39 is 0 Å². The third-order valence-corrected chi connectivity index (χ3v) is 4.66. The second kappa shape index (κ2) is 7.51. The Morgan fingerprint density at radius 1 is 1.28 bits per heavy atom. The molecule has 1 aliphatic heterocycles. The lowest BCUT2D eigenvalue weighted by Gasteiger charge is -2.18. The van der Waals surface area contributed by atoms with Crippen molar-refractivity contribution < 1.29 is 9.59 Å². The molecule has 6 nitrogen and oxygen atoms in total. The van der Waals surface area contributed by atoms with Crippen molar-refractivity contribution in [3.05, 3.63) is 47.8 Å². The number of nitrogens with zero attached hydrogens (tertiary/aromatic N) is 3.